The summed E-state index contributed by atoms with van der Waals surface area (Å²) in [4.78, 5) is 20.9. The van der Waals surface area contributed by atoms with E-state index in [0.29, 0.717) is 6.54 Å². The highest BCUT2D eigenvalue weighted by Gasteiger charge is 2.56. The molecule has 2 aliphatic heterocycles. The lowest BCUT2D eigenvalue weighted by molar-refractivity contribution is -0.123. The van der Waals surface area contributed by atoms with Gasteiger partial charge in [0, 0.05) is 23.4 Å². The Labute approximate surface area is 175 Å². The molecule has 0 saturated carbocycles. The van der Waals surface area contributed by atoms with Crippen LogP contribution >= 0.6 is 0 Å². The van der Waals surface area contributed by atoms with Crippen molar-refractivity contribution in [3.05, 3.63) is 77.9 Å². The highest BCUT2D eigenvalue weighted by atomic mass is 16.2. The van der Waals surface area contributed by atoms with E-state index < -0.39 is 5.66 Å². The van der Waals surface area contributed by atoms with Gasteiger partial charge in [-0.25, -0.2) is 4.98 Å². The maximum Gasteiger partial charge on any atom is 0.279 e. The van der Waals surface area contributed by atoms with Gasteiger partial charge >= 0.3 is 0 Å². The molecule has 0 saturated heterocycles. The van der Waals surface area contributed by atoms with Crippen LogP contribution in [0.5, 0.6) is 0 Å². The van der Waals surface area contributed by atoms with E-state index in [1.54, 1.807) is 0 Å². The van der Waals surface area contributed by atoms with Gasteiger partial charge in [0.15, 0.2) is 0 Å². The molecule has 1 aromatic heterocycles. The molecule has 1 amide bonds. The smallest absolute Gasteiger partial charge is 0.279 e. The maximum atomic E-state index is 14.1. The summed E-state index contributed by atoms with van der Waals surface area (Å²) in [6, 6.07) is 22.6. The molecular weight excluding hydrogens is 372 g/mol. The lowest BCUT2D eigenvalue weighted by Gasteiger charge is -2.38. The first-order chi connectivity index (χ1) is 14.7. The van der Waals surface area contributed by atoms with Gasteiger partial charge in [0.05, 0.1) is 16.7 Å². The molecule has 5 heteroatoms. The number of amides is 1. The van der Waals surface area contributed by atoms with Crippen LogP contribution in [0.2, 0.25) is 0 Å². The summed E-state index contributed by atoms with van der Waals surface area (Å²) in [7, 11) is 0. The monoisotopic (exact) mass is 394 g/mol. The van der Waals surface area contributed by atoms with E-state index in [-0.39, 0.29) is 5.91 Å². The molecule has 0 aliphatic carbocycles. The Morgan fingerprint density at radius 1 is 1.00 bits per heavy atom. The van der Waals surface area contributed by atoms with Crippen molar-refractivity contribution >= 4 is 28.3 Å². The quantitative estimate of drug-likeness (QED) is 0.533. The van der Waals surface area contributed by atoms with Crippen molar-refractivity contribution in [2.24, 2.45) is 0 Å². The van der Waals surface area contributed by atoms with E-state index in [2.05, 4.69) is 47.1 Å². The number of fused-ring (bicyclic) bond motifs is 8. The molecule has 1 unspecified atom stereocenters. The number of aryl methyl sites for hydroxylation is 1. The van der Waals surface area contributed by atoms with Crippen molar-refractivity contribution in [3.63, 3.8) is 0 Å². The molecule has 0 radical (unpaired) electrons. The molecule has 3 heterocycles. The lowest BCUT2D eigenvalue weighted by Crippen LogP contribution is -2.53. The van der Waals surface area contributed by atoms with Gasteiger partial charge in [0.25, 0.3) is 5.91 Å². The van der Waals surface area contributed by atoms with Gasteiger partial charge in [0.2, 0.25) is 5.66 Å². The van der Waals surface area contributed by atoms with Crippen LogP contribution in [0.3, 0.4) is 0 Å². The third kappa shape index (κ3) is 1.97. The number of para-hydroxylation sites is 3. The summed E-state index contributed by atoms with van der Waals surface area (Å²) < 4.78 is 2.11. The van der Waals surface area contributed by atoms with Crippen LogP contribution in [0.15, 0.2) is 66.7 Å². The first kappa shape index (κ1) is 17.3. The molecule has 1 N–H and O–H groups in total. The second kappa shape index (κ2) is 5.95. The predicted molar refractivity (Wildman–Crippen MR) is 120 cm³/mol. The maximum absolute atomic E-state index is 14.1. The van der Waals surface area contributed by atoms with Crippen molar-refractivity contribution < 1.29 is 4.79 Å². The SMILES string of the molecule is CCc1ccc2c(c1)C1(Nc3ccccc3-c3nc4ccccc4n31)C(=O)N2CC. The first-order valence-corrected chi connectivity index (χ1v) is 10.5. The van der Waals surface area contributed by atoms with Gasteiger partial charge in [-0.2, -0.15) is 0 Å². The van der Waals surface area contributed by atoms with Gasteiger partial charge in [0.1, 0.15) is 5.82 Å². The molecule has 0 bridgehead atoms. The zero-order chi connectivity index (χ0) is 20.5. The normalized spacial score (nSPS) is 19.0. The molecule has 6 rings (SSSR count). The molecule has 0 fully saturated rings. The zero-order valence-corrected chi connectivity index (χ0v) is 17.0. The summed E-state index contributed by atoms with van der Waals surface area (Å²) in [6.07, 6.45) is 0.914. The fourth-order valence-corrected chi connectivity index (χ4v) is 4.98. The highest BCUT2D eigenvalue weighted by molar-refractivity contribution is 6.12. The molecule has 3 aromatic carbocycles. The van der Waals surface area contributed by atoms with Gasteiger partial charge < -0.3 is 10.2 Å². The van der Waals surface area contributed by atoms with Crippen molar-refractivity contribution in [1.82, 2.24) is 9.55 Å². The molecule has 30 heavy (non-hydrogen) atoms. The minimum atomic E-state index is -1.05. The third-order valence-electron chi connectivity index (χ3n) is 6.40. The van der Waals surface area contributed by atoms with Crippen molar-refractivity contribution in [3.8, 4) is 11.4 Å². The Hall–Kier alpha value is -3.60. The second-order valence-electron chi connectivity index (χ2n) is 7.89. The van der Waals surface area contributed by atoms with Crippen LogP contribution in [0.1, 0.15) is 25.0 Å². The molecule has 1 spiro atoms. The number of carbonyl (C=O) groups excluding carboxylic acids is 1. The Balaban J connectivity index is 1.78. The summed E-state index contributed by atoms with van der Waals surface area (Å²) in [5.41, 5.74) is 5.91. The fraction of sp³-hybridized carbons (Fsp3) is 0.200. The Bertz CT molecular complexity index is 1340. The topological polar surface area (TPSA) is 50.2 Å². The molecule has 148 valence electrons. The van der Waals surface area contributed by atoms with E-state index in [0.717, 1.165) is 45.8 Å². The molecule has 1 atom stereocenters. The minimum absolute atomic E-state index is 0.0344. The lowest BCUT2D eigenvalue weighted by atomic mass is 9.93. The summed E-state index contributed by atoms with van der Waals surface area (Å²) >= 11 is 0. The van der Waals surface area contributed by atoms with E-state index in [4.69, 9.17) is 4.98 Å². The molecule has 5 nitrogen and oxygen atoms in total. The Morgan fingerprint density at radius 3 is 2.63 bits per heavy atom. The highest BCUT2D eigenvalue weighted by Crippen LogP contribution is 2.50. The number of imidazole rings is 1. The number of rotatable bonds is 2. The van der Waals surface area contributed by atoms with Crippen LogP contribution < -0.4 is 10.2 Å². The first-order valence-electron chi connectivity index (χ1n) is 10.5. The fourth-order valence-electron chi connectivity index (χ4n) is 4.98. The minimum Gasteiger partial charge on any atom is -0.350 e. The second-order valence-corrected chi connectivity index (χ2v) is 7.89. The molecule has 2 aliphatic rings. The van der Waals surface area contributed by atoms with Crippen molar-refractivity contribution in [2.75, 3.05) is 16.8 Å². The number of nitrogens with zero attached hydrogens (tertiary/aromatic N) is 3. The summed E-state index contributed by atoms with van der Waals surface area (Å²) in [5.74, 6) is 0.858. The van der Waals surface area contributed by atoms with Crippen LogP contribution in [-0.2, 0) is 16.9 Å². The average Bonchev–Trinajstić information content (AvgIpc) is 3.28. The number of hydrogen-bond acceptors (Lipinski definition) is 3. The number of carbonyl (C=O) groups is 1. The third-order valence-corrected chi connectivity index (χ3v) is 6.40. The average molecular weight is 394 g/mol. The summed E-state index contributed by atoms with van der Waals surface area (Å²) in [5, 5.41) is 3.66. The number of hydrogen-bond donors (Lipinski definition) is 1. The predicted octanol–water partition coefficient (Wildman–Crippen LogP) is 4.76. The molecular formula is C25H22N4O. The number of aromatic nitrogens is 2. The van der Waals surface area contributed by atoms with E-state index in [9.17, 15) is 4.79 Å². The van der Waals surface area contributed by atoms with Crippen LogP contribution in [0.4, 0.5) is 11.4 Å². The Morgan fingerprint density at radius 2 is 1.80 bits per heavy atom. The van der Waals surface area contributed by atoms with Crippen molar-refractivity contribution in [1.29, 1.82) is 0 Å². The van der Waals surface area contributed by atoms with Crippen LogP contribution in [0, 0.1) is 0 Å². The van der Waals surface area contributed by atoms with Gasteiger partial charge in [-0.1, -0.05) is 37.3 Å². The van der Waals surface area contributed by atoms with Crippen molar-refractivity contribution in [2.45, 2.75) is 25.9 Å². The van der Waals surface area contributed by atoms with Gasteiger partial charge in [-0.05, 0) is 55.3 Å². The van der Waals surface area contributed by atoms with Gasteiger partial charge in [-0.3, -0.25) is 9.36 Å². The number of nitrogens with one attached hydrogen (secondary N) is 1. The number of benzene rings is 3. The zero-order valence-electron chi connectivity index (χ0n) is 17.0. The number of likely N-dealkylation sites (N-methyl/N-ethyl adjacent to an activating group) is 1. The number of anilines is 2. The van der Waals surface area contributed by atoms with E-state index in [1.165, 1.54) is 5.56 Å². The Kier molecular flexibility index (Phi) is 3.43. The molecule has 4 aromatic rings. The van der Waals surface area contributed by atoms with E-state index >= 15 is 0 Å². The summed E-state index contributed by atoms with van der Waals surface area (Å²) in [6.45, 7) is 4.78. The largest absolute Gasteiger partial charge is 0.350 e. The van der Waals surface area contributed by atoms with Gasteiger partial charge in [-0.15, -0.1) is 0 Å². The van der Waals surface area contributed by atoms with E-state index in [1.807, 2.05) is 48.2 Å². The standard InChI is InChI=1S/C25H22N4O/c1-3-16-13-14-21-18(15-16)25(24(30)28(21)4-2)27-19-10-6-5-9-17(19)23-26-20-11-7-8-12-22(20)29(23)25/h5-15,27H,3-4H2,1-2H3. The van der Waals surface area contributed by atoms with Crippen LogP contribution in [0.25, 0.3) is 22.4 Å². The van der Waals surface area contributed by atoms with Crippen LogP contribution in [-0.4, -0.2) is 22.0 Å².